The molecular weight excluding hydrogens is 370 g/mol. The van der Waals surface area contributed by atoms with Crippen molar-refractivity contribution in [2.75, 3.05) is 13.6 Å². The molecule has 136 valence electrons. The lowest BCUT2D eigenvalue weighted by Crippen LogP contribution is -2.46. The van der Waals surface area contributed by atoms with Gasteiger partial charge in [-0.05, 0) is 36.4 Å². The average Bonchev–Trinajstić information content (AvgIpc) is 3.34. The highest BCUT2D eigenvalue weighted by molar-refractivity contribution is 7.90. The molecule has 1 fully saturated rings. The van der Waals surface area contributed by atoms with E-state index in [1.54, 1.807) is 47.5 Å². The SMILES string of the molecule is CN(Cc1cccs1)C(=O)[C@H]1CCCN1C1=NS(=O)(=O)c2ccccc21. The smallest absolute Gasteiger partial charge is 0.285 e. The van der Waals surface area contributed by atoms with Gasteiger partial charge >= 0.3 is 0 Å². The predicted molar refractivity (Wildman–Crippen MR) is 101 cm³/mol. The Morgan fingerprint density at radius 2 is 2.12 bits per heavy atom. The number of carbonyl (C=O) groups is 1. The lowest BCUT2D eigenvalue weighted by Gasteiger charge is -2.29. The van der Waals surface area contributed by atoms with Crippen LogP contribution in [0.3, 0.4) is 0 Å². The number of benzene rings is 1. The van der Waals surface area contributed by atoms with E-state index in [1.807, 2.05) is 22.4 Å². The molecule has 6 nitrogen and oxygen atoms in total. The van der Waals surface area contributed by atoms with Crippen molar-refractivity contribution in [2.24, 2.45) is 4.40 Å². The Bertz CT molecular complexity index is 967. The third-order valence-electron chi connectivity index (χ3n) is 4.77. The van der Waals surface area contributed by atoms with Gasteiger partial charge in [0.05, 0.1) is 6.54 Å². The largest absolute Gasteiger partial charge is 0.343 e. The molecule has 1 aromatic carbocycles. The zero-order valence-corrected chi connectivity index (χ0v) is 16.0. The molecule has 8 heteroatoms. The van der Waals surface area contributed by atoms with Crippen LogP contribution >= 0.6 is 11.3 Å². The van der Waals surface area contributed by atoms with Crippen LogP contribution in [0.5, 0.6) is 0 Å². The number of hydrogen-bond donors (Lipinski definition) is 0. The highest BCUT2D eigenvalue weighted by Gasteiger charge is 2.40. The zero-order chi connectivity index (χ0) is 18.3. The van der Waals surface area contributed by atoms with Crippen LogP contribution < -0.4 is 0 Å². The second-order valence-corrected chi connectivity index (χ2v) is 9.12. The van der Waals surface area contributed by atoms with E-state index >= 15 is 0 Å². The second kappa shape index (κ2) is 6.51. The van der Waals surface area contributed by atoms with Gasteiger partial charge in [-0.15, -0.1) is 15.7 Å². The minimum atomic E-state index is -3.68. The summed E-state index contributed by atoms with van der Waals surface area (Å²) >= 11 is 1.62. The standard InChI is InChI=1S/C18H19N3O3S2/c1-20(12-13-6-5-11-25-13)18(22)15-8-4-10-21(15)17-14-7-2-3-9-16(14)26(23,24)19-17/h2-3,5-7,9,11,15H,4,8,10,12H2,1H3/t15-/m1/s1. The molecule has 0 saturated carbocycles. The minimum Gasteiger partial charge on any atom is -0.343 e. The third kappa shape index (κ3) is 2.93. The number of fused-ring (bicyclic) bond motifs is 1. The molecule has 0 bridgehead atoms. The maximum atomic E-state index is 13.0. The van der Waals surface area contributed by atoms with Crippen LogP contribution in [0.25, 0.3) is 0 Å². The Morgan fingerprint density at radius 1 is 1.31 bits per heavy atom. The number of likely N-dealkylation sites (tertiary alicyclic amines) is 1. The van der Waals surface area contributed by atoms with Gasteiger partial charge in [-0.1, -0.05) is 18.2 Å². The molecule has 4 rings (SSSR count). The molecule has 2 aromatic rings. The fraction of sp³-hybridized carbons (Fsp3) is 0.333. The van der Waals surface area contributed by atoms with Crippen molar-refractivity contribution in [3.05, 3.63) is 52.2 Å². The summed E-state index contributed by atoms with van der Waals surface area (Å²) in [5.41, 5.74) is 0.591. The van der Waals surface area contributed by atoms with Gasteiger partial charge in [0.25, 0.3) is 10.0 Å². The number of hydrogen-bond acceptors (Lipinski definition) is 5. The number of sulfonamides is 1. The summed E-state index contributed by atoms with van der Waals surface area (Å²) in [5, 5.41) is 1.99. The van der Waals surface area contributed by atoms with E-state index in [4.69, 9.17) is 0 Å². The number of rotatable bonds is 3. The van der Waals surface area contributed by atoms with E-state index in [1.165, 1.54) is 0 Å². The Kier molecular flexibility index (Phi) is 4.32. The summed E-state index contributed by atoms with van der Waals surface area (Å²) in [7, 11) is -1.89. The number of thiophene rings is 1. The third-order valence-corrected chi connectivity index (χ3v) is 6.96. The molecule has 26 heavy (non-hydrogen) atoms. The summed E-state index contributed by atoms with van der Waals surface area (Å²) < 4.78 is 28.7. The van der Waals surface area contributed by atoms with Gasteiger partial charge in [0.2, 0.25) is 5.91 Å². The minimum absolute atomic E-state index is 0.000351. The van der Waals surface area contributed by atoms with Crippen LogP contribution in [0.15, 0.2) is 51.1 Å². The van der Waals surface area contributed by atoms with Crippen molar-refractivity contribution in [3.8, 4) is 0 Å². The van der Waals surface area contributed by atoms with Crippen molar-refractivity contribution < 1.29 is 13.2 Å². The maximum Gasteiger partial charge on any atom is 0.285 e. The molecule has 0 spiro atoms. The van der Waals surface area contributed by atoms with Crippen molar-refractivity contribution >= 4 is 33.1 Å². The van der Waals surface area contributed by atoms with Gasteiger partial charge in [-0.3, -0.25) is 4.79 Å². The van der Waals surface area contributed by atoms with Crippen molar-refractivity contribution in [2.45, 2.75) is 30.3 Å². The molecule has 0 unspecified atom stereocenters. The van der Waals surface area contributed by atoms with Gasteiger partial charge in [-0.2, -0.15) is 8.42 Å². The number of likely N-dealkylation sites (N-methyl/N-ethyl adjacent to an activating group) is 1. The highest BCUT2D eigenvalue weighted by Crippen LogP contribution is 2.31. The van der Waals surface area contributed by atoms with Crippen LogP contribution in [-0.2, 0) is 21.4 Å². The van der Waals surface area contributed by atoms with E-state index in [2.05, 4.69) is 4.40 Å². The van der Waals surface area contributed by atoms with Crippen LogP contribution in [-0.4, -0.2) is 49.6 Å². The lowest BCUT2D eigenvalue weighted by molar-refractivity contribution is -0.134. The summed E-state index contributed by atoms with van der Waals surface area (Å²) in [5.74, 6) is 0.404. The second-order valence-electron chi connectivity index (χ2n) is 6.51. The molecule has 3 heterocycles. The zero-order valence-electron chi connectivity index (χ0n) is 14.3. The monoisotopic (exact) mass is 389 g/mol. The molecule has 1 aromatic heterocycles. The molecule has 1 amide bonds. The van der Waals surface area contributed by atoms with E-state index < -0.39 is 10.0 Å². The highest BCUT2D eigenvalue weighted by atomic mass is 32.2. The first-order valence-corrected chi connectivity index (χ1v) is 10.8. The van der Waals surface area contributed by atoms with Crippen LogP contribution in [0.1, 0.15) is 23.3 Å². The van der Waals surface area contributed by atoms with E-state index in [9.17, 15) is 13.2 Å². The van der Waals surface area contributed by atoms with Crippen LogP contribution in [0, 0.1) is 0 Å². The fourth-order valence-corrected chi connectivity index (χ4v) is 5.52. The molecular formula is C18H19N3O3S2. The van der Waals surface area contributed by atoms with Gasteiger partial charge in [0, 0.05) is 24.0 Å². The predicted octanol–water partition coefficient (Wildman–Crippen LogP) is 2.32. The average molecular weight is 390 g/mol. The summed E-state index contributed by atoms with van der Waals surface area (Å²) in [6.07, 6.45) is 1.54. The number of carbonyl (C=O) groups excluding carboxylic acids is 1. The van der Waals surface area contributed by atoms with E-state index in [-0.39, 0.29) is 16.8 Å². The van der Waals surface area contributed by atoms with E-state index in [0.717, 1.165) is 11.3 Å². The van der Waals surface area contributed by atoms with E-state index in [0.29, 0.717) is 30.9 Å². The van der Waals surface area contributed by atoms with Crippen molar-refractivity contribution in [1.82, 2.24) is 9.80 Å². The summed E-state index contributed by atoms with van der Waals surface area (Å²) in [6.45, 7) is 1.19. The Balaban J connectivity index is 1.60. The van der Waals surface area contributed by atoms with Gasteiger partial charge in [0.1, 0.15) is 10.9 Å². The Hall–Kier alpha value is -2.19. The van der Waals surface area contributed by atoms with Gasteiger partial charge in [-0.25, -0.2) is 0 Å². The molecule has 0 N–H and O–H groups in total. The van der Waals surface area contributed by atoms with Crippen LogP contribution in [0.4, 0.5) is 0 Å². The molecule has 1 saturated heterocycles. The summed E-state index contributed by atoms with van der Waals surface area (Å²) in [4.78, 5) is 17.9. The first-order chi connectivity index (χ1) is 12.5. The van der Waals surface area contributed by atoms with Crippen molar-refractivity contribution in [3.63, 3.8) is 0 Å². The maximum absolute atomic E-state index is 13.0. The van der Waals surface area contributed by atoms with Gasteiger partial charge in [0.15, 0.2) is 5.84 Å². The first kappa shape index (κ1) is 17.2. The molecule has 0 aliphatic carbocycles. The lowest BCUT2D eigenvalue weighted by atomic mass is 10.1. The molecule has 2 aliphatic heterocycles. The van der Waals surface area contributed by atoms with Crippen LogP contribution in [0.2, 0.25) is 0 Å². The topological polar surface area (TPSA) is 70.1 Å². The quantitative estimate of drug-likeness (QED) is 0.808. The summed E-state index contributed by atoms with van der Waals surface area (Å²) in [6, 6.07) is 10.4. The Morgan fingerprint density at radius 3 is 2.88 bits per heavy atom. The van der Waals surface area contributed by atoms with Gasteiger partial charge < -0.3 is 9.80 Å². The first-order valence-electron chi connectivity index (χ1n) is 8.46. The number of amidine groups is 1. The molecule has 1 atom stereocenters. The van der Waals surface area contributed by atoms with Crippen molar-refractivity contribution in [1.29, 1.82) is 0 Å². The fourth-order valence-electron chi connectivity index (χ4n) is 3.54. The number of amides is 1. The molecule has 0 radical (unpaired) electrons. The Labute approximate surface area is 156 Å². The number of nitrogens with zero attached hydrogens (tertiary/aromatic N) is 3. The molecule has 2 aliphatic rings. The normalized spacial score (nSPS) is 20.7.